The van der Waals surface area contributed by atoms with E-state index in [1.165, 1.54) is 12.8 Å². The Morgan fingerprint density at radius 3 is 2.37 bits per heavy atom. The van der Waals surface area contributed by atoms with Crippen LogP contribution in [0.3, 0.4) is 0 Å². The van der Waals surface area contributed by atoms with Crippen LogP contribution in [-0.4, -0.2) is 37.4 Å². The molecule has 0 fully saturated rings. The highest BCUT2D eigenvalue weighted by Crippen LogP contribution is 2.11. The number of rotatable bonds is 8. The molecule has 0 atom stereocenters. The van der Waals surface area contributed by atoms with Crippen molar-refractivity contribution in [3.8, 4) is 0 Å². The second-order valence-electron chi connectivity index (χ2n) is 4.91. The largest absolute Gasteiger partial charge is 0.388 e. The molecule has 0 aliphatic rings. The zero-order valence-electron chi connectivity index (χ0n) is 12.5. The van der Waals surface area contributed by atoms with E-state index in [0.29, 0.717) is 17.3 Å². The molecule has 1 heterocycles. The van der Waals surface area contributed by atoms with Gasteiger partial charge in [-0.15, -0.1) is 0 Å². The van der Waals surface area contributed by atoms with Gasteiger partial charge in [-0.3, -0.25) is 4.90 Å². The van der Waals surface area contributed by atoms with E-state index in [1.54, 1.807) is 9.25 Å². The Morgan fingerprint density at radius 2 is 1.95 bits per heavy atom. The van der Waals surface area contributed by atoms with Crippen LogP contribution in [0.4, 0.5) is 0 Å². The molecule has 5 nitrogen and oxygen atoms in total. The van der Waals surface area contributed by atoms with E-state index in [9.17, 15) is 5.11 Å². The van der Waals surface area contributed by atoms with Gasteiger partial charge in [0.05, 0.1) is 6.67 Å². The van der Waals surface area contributed by atoms with Gasteiger partial charge in [0.15, 0.2) is 10.6 Å². The van der Waals surface area contributed by atoms with Gasteiger partial charge >= 0.3 is 0 Å². The predicted molar refractivity (Wildman–Crippen MR) is 79.3 cm³/mol. The normalized spacial score (nSPS) is 11.7. The topological polar surface area (TPSA) is 46.2 Å². The third-order valence-electron chi connectivity index (χ3n) is 3.72. The first-order valence-corrected chi connectivity index (χ1v) is 7.43. The quantitative estimate of drug-likeness (QED) is 0.744. The molecule has 19 heavy (non-hydrogen) atoms. The Balaban J connectivity index is 2.78. The molecule has 0 aliphatic heterocycles. The van der Waals surface area contributed by atoms with E-state index in [0.717, 1.165) is 19.0 Å². The SMILES string of the molecule is CCC(CC)CN(CC)Cn1nc(CO)n(C)c1=S. The Labute approximate surface area is 120 Å². The van der Waals surface area contributed by atoms with Crippen LogP contribution in [0.25, 0.3) is 0 Å². The van der Waals surface area contributed by atoms with Crippen LogP contribution in [0.1, 0.15) is 39.4 Å². The molecule has 1 aromatic heterocycles. The lowest BCUT2D eigenvalue weighted by atomic mass is 10.0. The van der Waals surface area contributed by atoms with Gasteiger partial charge in [-0.25, -0.2) is 4.68 Å². The molecule has 0 unspecified atom stereocenters. The summed E-state index contributed by atoms with van der Waals surface area (Å²) in [7, 11) is 1.84. The van der Waals surface area contributed by atoms with Crippen LogP contribution >= 0.6 is 12.2 Å². The molecule has 0 radical (unpaired) electrons. The molecule has 1 rings (SSSR count). The third kappa shape index (κ3) is 4.12. The lowest BCUT2D eigenvalue weighted by molar-refractivity contribution is 0.177. The minimum atomic E-state index is -0.0776. The summed E-state index contributed by atoms with van der Waals surface area (Å²) in [6.07, 6.45) is 2.39. The molecule has 0 aromatic carbocycles. The third-order valence-corrected chi connectivity index (χ3v) is 4.21. The first-order valence-electron chi connectivity index (χ1n) is 7.03. The highest BCUT2D eigenvalue weighted by Gasteiger charge is 2.13. The van der Waals surface area contributed by atoms with Crippen LogP contribution in [0.2, 0.25) is 0 Å². The molecule has 0 saturated carbocycles. The van der Waals surface area contributed by atoms with Gasteiger partial charge in [0.1, 0.15) is 6.61 Å². The van der Waals surface area contributed by atoms with Crippen LogP contribution in [-0.2, 0) is 20.3 Å². The molecule has 0 bridgehead atoms. The fourth-order valence-electron chi connectivity index (χ4n) is 2.15. The van der Waals surface area contributed by atoms with E-state index in [2.05, 4.69) is 30.8 Å². The molecule has 0 spiro atoms. The highest BCUT2D eigenvalue weighted by atomic mass is 32.1. The summed E-state index contributed by atoms with van der Waals surface area (Å²) in [6, 6.07) is 0. The molecular weight excluding hydrogens is 260 g/mol. The molecule has 6 heteroatoms. The van der Waals surface area contributed by atoms with Crippen molar-refractivity contribution < 1.29 is 5.11 Å². The van der Waals surface area contributed by atoms with Crippen molar-refractivity contribution >= 4 is 12.2 Å². The Bertz CT molecular complexity index is 436. The van der Waals surface area contributed by atoms with E-state index in [4.69, 9.17) is 12.2 Å². The fourth-order valence-corrected chi connectivity index (χ4v) is 2.35. The number of hydrogen-bond acceptors (Lipinski definition) is 4. The summed E-state index contributed by atoms with van der Waals surface area (Å²) in [4.78, 5) is 2.35. The zero-order chi connectivity index (χ0) is 14.4. The summed E-state index contributed by atoms with van der Waals surface area (Å²) >= 11 is 5.34. The Morgan fingerprint density at radius 1 is 1.32 bits per heavy atom. The summed E-state index contributed by atoms with van der Waals surface area (Å²) < 4.78 is 4.22. The van der Waals surface area contributed by atoms with Crippen LogP contribution < -0.4 is 0 Å². The van der Waals surface area contributed by atoms with Crippen molar-refractivity contribution in [1.29, 1.82) is 0 Å². The average Bonchev–Trinajstić information content (AvgIpc) is 2.70. The first-order chi connectivity index (χ1) is 9.07. The Kier molecular flexibility index (Phi) is 6.68. The maximum atomic E-state index is 9.21. The summed E-state index contributed by atoms with van der Waals surface area (Å²) in [5.41, 5.74) is 0. The Hall–Kier alpha value is -0.720. The molecule has 1 N–H and O–H groups in total. The first kappa shape index (κ1) is 16.3. The van der Waals surface area contributed by atoms with Crippen molar-refractivity contribution in [3.05, 3.63) is 10.6 Å². The molecule has 0 amide bonds. The minimum absolute atomic E-state index is 0.0776. The number of nitrogens with zero attached hydrogens (tertiary/aromatic N) is 4. The highest BCUT2D eigenvalue weighted by molar-refractivity contribution is 7.71. The van der Waals surface area contributed by atoms with Crippen molar-refractivity contribution in [2.75, 3.05) is 13.1 Å². The van der Waals surface area contributed by atoms with Gasteiger partial charge in [0.2, 0.25) is 0 Å². The minimum Gasteiger partial charge on any atom is -0.388 e. The summed E-state index contributed by atoms with van der Waals surface area (Å²) in [5.74, 6) is 1.33. The van der Waals surface area contributed by atoms with Gasteiger partial charge in [-0.2, -0.15) is 5.10 Å². The maximum Gasteiger partial charge on any atom is 0.198 e. The standard InChI is InChI=1S/C13H26N4OS/c1-5-11(6-2)8-16(7-3)10-17-13(19)15(4)12(9-18)14-17/h11,18H,5-10H2,1-4H3. The molecule has 0 saturated heterocycles. The van der Waals surface area contributed by atoms with E-state index < -0.39 is 0 Å². The monoisotopic (exact) mass is 286 g/mol. The van der Waals surface area contributed by atoms with E-state index >= 15 is 0 Å². The second-order valence-corrected chi connectivity index (χ2v) is 5.27. The summed E-state index contributed by atoms with van der Waals surface area (Å²) in [5, 5.41) is 13.6. The molecular formula is C13H26N4OS. The summed E-state index contributed by atoms with van der Waals surface area (Å²) in [6.45, 7) is 9.28. The average molecular weight is 286 g/mol. The van der Waals surface area contributed by atoms with Gasteiger partial charge in [-0.05, 0) is 24.7 Å². The maximum absolute atomic E-state index is 9.21. The van der Waals surface area contributed by atoms with Crippen molar-refractivity contribution in [2.24, 2.45) is 13.0 Å². The van der Waals surface area contributed by atoms with E-state index in [-0.39, 0.29) is 6.61 Å². The smallest absolute Gasteiger partial charge is 0.198 e. The molecule has 110 valence electrons. The van der Waals surface area contributed by atoms with Crippen LogP contribution in [0.15, 0.2) is 0 Å². The van der Waals surface area contributed by atoms with Gasteiger partial charge in [0, 0.05) is 13.6 Å². The lowest BCUT2D eigenvalue weighted by Gasteiger charge is -2.24. The molecule has 0 aliphatic carbocycles. The fraction of sp³-hybridized carbons (Fsp3) is 0.846. The number of aliphatic hydroxyl groups excluding tert-OH is 1. The number of hydrogen-bond donors (Lipinski definition) is 1. The molecule has 1 aromatic rings. The zero-order valence-corrected chi connectivity index (χ0v) is 13.3. The number of aromatic nitrogens is 3. The predicted octanol–water partition coefficient (Wildman–Crippen LogP) is 2.16. The van der Waals surface area contributed by atoms with Gasteiger partial charge < -0.3 is 9.67 Å². The van der Waals surface area contributed by atoms with Crippen molar-refractivity contribution in [1.82, 2.24) is 19.2 Å². The second kappa shape index (κ2) is 7.77. The van der Waals surface area contributed by atoms with Crippen molar-refractivity contribution in [2.45, 2.75) is 46.9 Å². The lowest BCUT2D eigenvalue weighted by Crippen LogP contribution is -2.31. The van der Waals surface area contributed by atoms with Crippen LogP contribution in [0, 0.1) is 10.7 Å². The van der Waals surface area contributed by atoms with Crippen LogP contribution in [0.5, 0.6) is 0 Å². The van der Waals surface area contributed by atoms with Gasteiger partial charge in [-0.1, -0.05) is 33.6 Å². The van der Waals surface area contributed by atoms with Crippen molar-refractivity contribution in [3.63, 3.8) is 0 Å². The van der Waals surface area contributed by atoms with E-state index in [1.807, 2.05) is 7.05 Å². The van der Waals surface area contributed by atoms with Gasteiger partial charge in [0.25, 0.3) is 0 Å². The number of aliphatic hydroxyl groups is 1.